The van der Waals surface area contributed by atoms with Crippen molar-refractivity contribution in [3.63, 3.8) is 0 Å². The van der Waals surface area contributed by atoms with Crippen LogP contribution >= 0.6 is 0 Å². The van der Waals surface area contributed by atoms with Gasteiger partial charge in [0.1, 0.15) is 5.76 Å². The highest BCUT2D eigenvalue weighted by Gasteiger charge is 2.31. The Bertz CT molecular complexity index is 158. The molecule has 0 aromatic carbocycles. The fraction of sp³-hybridized carbons (Fsp3) is 0.750. The summed E-state index contributed by atoms with van der Waals surface area (Å²) in [4.78, 5) is 0. The van der Waals surface area contributed by atoms with Crippen molar-refractivity contribution in [3.05, 3.63) is 11.8 Å². The van der Waals surface area contributed by atoms with Crippen LogP contribution in [0.4, 0.5) is 13.2 Å². The van der Waals surface area contributed by atoms with E-state index in [1.54, 1.807) is 0 Å². The lowest BCUT2D eigenvalue weighted by Crippen LogP contribution is -2.13. The average Bonchev–Trinajstić information content (AvgIpc) is 1.82. The minimum absolute atomic E-state index is 0.0162. The van der Waals surface area contributed by atoms with Crippen molar-refractivity contribution in [3.8, 4) is 0 Å². The molecule has 0 fully saturated rings. The topological polar surface area (TPSA) is 9.23 Å². The fourth-order valence-electron chi connectivity index (χ4n) is 0.769. The highest BCUT2D eigenvalue weighted by atomic mass is 19.4. The third kappa shape index (κ3) is 6.07. The Hall–Kier alpha value is -0.670. The van der Waals surface area contributed by atoms with Gasteiger partial charge in [0.25, 0.3) is 0 Å². The van der Waals surface area contributed by atoms with E-state index in [2.05, 4.69) is 4.74 Å². The van der Waals surface area contributed by atoms with E-state index in [0.717, 1.165) is 0 Å². The Kier molecular flexibility index (Phi) is 4.13. The third-order valence-electron chi connectivity index (χ3n) is 1.18. The smallest absolute Gasteiger partial charge is 0.411 e. The summed E-state index contributed by atoms with van der Waals surface area (Å²) in [5, 5.41) is 0. The Balaban J connectivity index is 4.03. The van der Waals surface area contributed by atoms with Crippen molar-refractivity contribution in [2.75, 3.05) is 0 Å². The van der Waals surface area contributed by atoms with E-state index < -0.39 is 6.36 Å². The molecular formula is C8H13F3O. The first kappa shape index (κ1) is 11.3. The Labute approximate surface area is 70.2 Å². The number of halogens is 3. The summed E-state index contributed by atoms with van der Waals surface area (Å²) in [6.07, 6.45) is -2.90. The lowest BCUT2D eigenvalue weighted by Gasteiger charge is -2.13. The van der Waals surface area contributed by atoms with Gasteiger partial charge in [-0.2, -0.15) is 0 Å². The van der Waals surface area contributed by atoms with Crippen LogP contribution in [0.3, 0.4) is 0 Å². The summed E-state index contributed by atoms with van der Waals surface area (Å²) >= 11 is 0. The van der Waals surface area contributed by atoms with Crippen LogP contribution in [0.5, 0.6) is 0 Å². The molecule has 0 N–H and O–H groups in total. The summed E-state index contributed by atoms with van der Waals surface area (Å²) in [5.74, 6) is 0.149. The molecule has 0 radical (unpaired) electrons. The lowest BCUT2D eigenvalue weighted by molar-refractivity contribution is -0.306. The van der Waals surface area contributed by atoms with Gasteiger partial charge >= 0.3 is 6.36 Å². The number of hydrogen-bond donors (Lipinski definition) is 0. The van der Waals surface area contributed by atoms with Gasteiger partial charge in [0.15, 0.2) is 0 Å². The molecule has 0 aliphatic rings. The number of alkyl halides is 3. The Morgan fingerprint density at radius 3 is 2.17 bits per heavy atom. The van der Waals surface area contributed by atoms with Gasteiger partial charge in [0.05, 0.1) is 0 Å². The molecule has 0 unspecified atom stereocenters. The Morgan fingerprint density at radius 2 is 1.92 bits per heavy atom. The highest BCUT2D eigenvalue weighted by molar-refractivity contribution is 4.91. The lowest BCUT2D eigenvalue weighted by atomic mass is 10.1. The van der Waals surface area contributed by atoms with Crippen molar-refractivity contribution in [2.24, 2.45) is 5.92 Å². The van der Waals surface area contributed by atoms with E-state index in [4.69, 9.17) is 0 Å². The van der Waals surface area contributed by atoms with Crippen molar-refractivity contribution in [1.29, 1.82) is 0 Å². The van der Waals surface area contributed by atoms with Gasteiger partial charge < -0.3 is 4.74 Å². The van der Waals surface area contributed by atoms with Gasteiger partial charge in [0, 0.05) is 6.42 Å². The first-order valence-corrected chi connectivity index (χ1v) is 3.76. The predicted octanol–water partition coefficient (Wildman–Crippen LogP) is 3.47. The van der Waals surface area contributed by atoms with E-state index in [-0.39, 0.29) is 11.7 Å². The first-order chi connectivity index (χ1) is 5.35. The summed E-state index contributed by atoms with van der Waals surface area (Å²) in [7, 11) is 0. The maximum Gasteiger partial charge on any atom is 0.572 e. The van der Waals surface area contributed by atoms with Crippen molar-refractivity contribution < 1.29 is 17.9 Å². The van der Waals surface area contributed by atoms with Crippen LogP contribution in [0.25, 0.3) is 0 Å². The molecule has 0 atom stereocenters. The normalized spacial score (nSPS) is 13.8. The highest BCUT2D eigenvalue weighted by Crippen LogP contribution is 2.24. The van der Waals surface area contributed by atoms with Crippen molar-refractivity contribution >= 4 is 0 Å². The molecule has 0 aromatic heterocycles. The molecule has 0 aliphatic carbocycles. The monoisotopic (exact) mass is 182 g/mol. The van der Waals surface area contributed by atoms with Crippen LogP contribution in [0, 0.1) is 5.92 Å². The van der Waals surface area contributed by atoms with E-state index in [1.165, 1.54) is 13.0 Å². The van der Waals surface area contributed by atoms with E-state index >= 15 is 0 Å². The Morgan fingerprint density at radius 1 is 1.42 bits per heavy atom. The van der Waals surface area contributed by atoms with Gasteiger partial charge in [0.2, 0.25) is 0 Å². The molecule has 12 heavy (non-hydrogen) atoms. The largest absolute Gasteiger partial charge is 0.572 e. The molecule has 0 spiro atoms. The minimum atomic E-state index is -4.56. The SMILES string of the molecule is C/C=C(\CC(C)C)OC(F)(F)F. The molecule has 0 amide bonds. The summed E-state index contributed by atoms with van der Waals surface area (Å²) in [6, 6.07) is 0. The first-order valence-electron chi connectivity index (χ1n) is 3.76. The van der Waals surface area contributed by atoms with Gasteiger partial charge in [-0.3, -0.25) is 0 Å². The summed E-state index contributed by atoms with van der Waals surface area (Å²) in [5.41, 5.74) is 0. The van der Waals surface area contributed by atoms with E-state index in [0.29, 0.717) is 6.42 Å². The zero-order valence-corrected chi connectivity index (χ0v) is 7.40. The minimum Gasteiger partial charge on any atom is -0.411 e. The van der Waals surface area contributed by atoms with E-state index in [1.807, 2.05) is 13.8 Å². The summed E-state index contributed by atoms with van der Waals surface area (Å²) in [6.45, 7) is 5.20. The number of ether oxygens (including phenoxy) is 1. The van der Waals surface area contributed by atoms with E-state index in [9.17, 15) is 13.2 Å². The second-order valence-corrected chi connectivity index (χ2v) is 2.90. The molecule has 0 aliphatic heterocycles. The van der Waals surface area contributed by atoms with Gasteiger partial charge in [-0.05, 0) is 18.9 Å². The third-order valence-corrected chi connectivity index (χ3v) is 1.18. The second kappa shape index (κ2) is 4.38. The second-order valence-electron chi connectivity index (χ2n) is 2.90. The van der Waals surface area contributed by atoms with Crippen LogP contribution < -0.4 is 0 Å². The molecule has 72 valence electrons. The van der Waals surface area contributed by atoms with Crippen LogP contribution in [-0.2, 0) is 4.74 Å². The number of rotatable bonds is 3. The molecule has 0 saturated heterocycles. The van der Waals surface area contributed by atoms with Crippen LogP contribution in [0.2, 0.25) is 0 Å². The van der Waals surface area contributed by atoms with Gasteiger partial charge in [-0.25, -0.2) is 0 Å². The molecule has 0 heterocycles. The van der Waals surface area contributed by atoms with Crippen LogP contribution in [-0.4, -0.2) is 6.36 Å². The summed E-state index contributed by atoms with van der Waals surface area (Å²) < 4.78 is 38.8. The van der Waals surface area contributed by atoms with Crippen molar-refractivity contribution in [1.82, 2.24) is 0 Å². The number of hydrogen-bond acceptors (Lipinski definition) is 1. The molecule has 0 bridgehead atoms. The fourth-order valence-corrected chi connectivity index (χ4v) is 0.769. The molecule has 0 saturated carbocycles. The van der Waals surface area contributed by atoms with Crippen LogP contribution in [0.15, 0.2) is 11.8 Å². The maximum absolute atomic E-state index is 11.7. The zero-order chi connectivity index (χ0) is 9.78. The van der Waals surface area contributed by atoms with Gasteiger partial charge in [-0.15, -0.1) is 13.2 Å². The van der Waals surface area contributed by atoms with Crippen LogP contribution in [0.1, 0.15) is 27.2 Å². The van der Waals surface area contributed by atoms with Gasteiger partial charge in [-0.1, -0.05) is 13.8 Å². The maximum atomic E-state index is 11.7. The molecular weight excluding hydrogens is 169 g/mol. The molecule has 0 rings (SSSR count). The molecule has 0 aromatic rings. The van der Waals surface area contributed by atoms with Crippen molar-refractivity contribution in [2.45, 2.75) is 33.6 Å². The quantitative estimate of drug-likeness (QED) is 0.607. The molecule has 4 heteroatoms. The standard InChI is InChI=1S/C8H13F3O/c1-4-7(5-6(2)3)12-8(9,10)11/h4,6H,5H2,1-3H3/b7-4+. The molecule has 1 nitrogen and oxygen atoms in total. The number of allylic oxidation sites excluding steroid dienone is 2. The zero-order valence-electron chi connectivity index (χ0n) is 7.40. The predicted molar refractivity (Wildman–Crippen MR) is 40.4 cm³/mol. The average molecular weight is 182 g/mol.